The quantitative estimate of drug-likeness (QED) is 0.657. The number of amides is 2. The fourth-order valence-corrected chi connectivity index (χ4v) is 2.74. The van der Waals surface area contributed by atoms with E-state index < -0.39 is 47.5 Å². The Morgan fingerprint density at radius 1 is 1.26 bits per heavy atom. The number of hydrogen-bond donors (Lipinski definition) is 2. The van der Waals surface area contributed by atoms with Gasteiger partial charge in [0.2, 0.25) is 0 Å². The zero-order valence-corrected chi connectivity index (χ0v) is 12.6. The number of urea groups is 1. The first-order valence-electron chi connectivity index (χ1n) is 7.30. The highest BCUT2D eigenvalue weighted by Crippen LogP contribution is 2.26. The molecule has 1 aromatic carbocycles. The topological polar surface area (TPSA) is 52.6 Å². The highest BCUT2D eigenvalue weighted by atomic mass is 19.2. The third-order valence-corrected chi connectivity index (χ3v) is 4.09. The maximum atomic E-state index is 13.5. The van der Waals surface area contributed by atoms with Crippen LogP contribution in [0.15, 0.2) is 6.07 Å². The molecule has 8 heteroatoms. The molecule has 1 aliphatic rings. The number of nitrogens with zero attached hydrogens (tertiary/aromatic N) is 1. The van der Waals surface area contributed by atoms with Crippen molar-refractivity contribution in [3.05, 3.63) is 34.9 Å². The fraction of sp³-hybridized carbons (Fsp3) is 0.533. The third kappa shape index (κ3) is 3.93. The number of benzene rings is 1. The number of carbonyl (C=O) groups is 1. The predicted molar refractivity (Wildman–Crippen MR) is 74.5 cm³/mol. The van der Waals surface area contributed by atoms with Crippen molar-refractivity contribution in [3.63, 3.8) is 0 Å². The Morgan fingerprint density at radius 3 is 2.39 bits per heavy atom. The Bertz CT molecular complexity index is 571. The molecule has 0 aliphatic heterocycles. The fourth-order valence-electron chi connectivity index (χ4n) is 2.74. The van der Waals surface area contributed by atoms with Crippen LogP contribution in [0.5, 0.6) is 0 Å². The third-order valence-electron chi connectivity index (χ3n) is 4.09. The summed E-state index contributed by atoms with van der Waals surface area (Å²) in [7, 11) is 1.47. The van der Waals surface area contributed by atoms with Crippen molar-refractivity contribution in [2.75, 3.05) is 13.6 Å². The molecule has 0 spiro atoms. The minimum absolute atomic E-state index is 0.0502. The molecule has 23 heavy (non-hydrogen) atoms. The van der Waals surface area contributed by atoms with Crippen molar-refractivity contribution in [1.82, 2.24) is 10.2 Å². The first-order valence-corrected chi connectivity index (χ1v) is 7.30. The van der Waals surface area contributed by atoms with Gasteiger partial charge in [-0.25, -0.2) is 22.4 Å². The standard InChI is InChI=1S/C15H18F4N2O2/c1-21(7-8-3-2-4-12(8)22)15(23)20-6-9-13(18)10(16)5-11(17)14(9)19/h5,8,12,22H,2-4,6-7H2,1H3,(H,20,23)/t8-,12+/m1/s1. The van der Waals surface area contributed by atoms with E-state index in [1.807, 2.05) is 0 Å². The average Bonchev–Trinajstić information content (AvgIpc) is 2.90. The van der Waals surface area contributed by atoms with Gasteiger partial charge >= 0.3 is 6.03 Å². The van der Waals surface area contributed by atoms with E-state index in [0.717, 1.165) is 12.8 Å². The number of rotatable bonds is 4. The van der Waals surface area contributed by atoms with Crippen LogP contribution in [0.3, 0.4) is 0 Å². The largest absolute Gasteiger partial charge is 0.393 e. The van der Waals surface area contributed by atoms with E-state index in [2.05, 4.69) is 5.32 Å². The lowest BCUT2D eigenvalue weighted by atomic mass is 10.1. The second-order valence-electron chi connectivity index (χ2n) is 5.74. The Morgan fingerprint density at radius 2 is 1.87 bits per heavy atom. The Balaban J connectivity index is 1.96. The van der Waals surface area contributed by atoms with E-state index in [1.165, 1.54) is 11.9 Å². The average molecular weight is 334 g/mol. The molecule has 0 heterocycles. The summed E-state index contributed by atoms with van der Waals surface area (Å²) in [6, 6.07) is -0.531. The zero-order chi connectivity index (χ0) is 17.1. The zero-order valence-electron chi connectivity index (χ0n) is 12.6. The Labute approximate surface area is 131 Å². The van der Waals surface area contributed by atoms with Crippen LogP contribution < -0.4 is 5.32 Å². The summed E-state index contributed by atoms with van der Waals surface area (Å²) in [5.41, 5.74) is -0.870. The van der Waals surface area contributed by atoms with Gasteiger partial charge in [-0.15, -0.1) is 0 Å². The van der Waals surface area contributed by atoms with E-state index in [0.29, 0.717) is 6.42 Å². The molecular formula is C15H18F4N2O2. The van der Waals surface area contributed by atoms with Crippen LogP contribution in [0.4, 0.5) is 22.4 Å². The van der Waals surface area contributed by atoms with Crippen LogP contribution in [0.2, 0.25) is 0 Å². The number of nitrogens with one attached hydrogen (secondary N) is 1. The summed E-state index contributed by atoms with van der Waals surface area (Å²) in [4.78, 5) is 13.2. The summed E-state index contributed by atoms with van der Waals surface area (Å²) in [5.74, 6) is -6.15. The van der Waals surface area contributed by atoms with Crippen LogP contribution in [0.1, 0.15) is 24.8 Å². The summed E-state index contributed by atoms with van der Waals surface area (Å²) >= 11 is 0. The normalized spacial score (nSPS) is 20.6. The van der Waals surface area contributed by atoms with Crippen molar-refractivity contribution in [2.45, 2.75) is 31.9 Å². The van der Waals surface area contributed by atoms with E-state index in [-0.39, 0.29) is 18.5 Å². The summed E-state index contributed by atoms with van der Waals surface area (Å²) in [6.07, 6.45) is 1.87. The van der Waals surface area contributed by atoms with Crippen LogP contribution in [-0.4, -0.2) is 35.7 Å². The van der Waals surface area contributed by atoms with Crippen LogP contribution in [0, 0.1) is 29.2 Å². The molecule has 1 saturated carbocycles. The highest BCUT2D eigenvalue weighted by Gasteiger charge is 2.27. The molecule has 4 nitrogen and oxygen atoms in total. The van der Waals surface area contributed by atoms with Crippen molar-refractivity contribution < 1.29 is 27.5 Å². The number of carbonyl (C=O) groups excluding carboxylic acids is 1. The molecule has 2 rings (SSSR count). The van der Waals surface area contributed by atoms with Gasteiger partial charge in [-0.1, -0.05) is 6.42 Å². The summed E-state index contributed by atoms with van der Waals surface area (Å²) in [6.45, 7) is -0.391. The van der Waals surface area contributed by atoms with Crippen molar-refractivity contribution in [3.8, 4) is 0 Å². The minimum Gasteiger partial charge on any atom is -0.393 e. The van der Waals surface area contributed by atoms with E-state index in [4.69, 9.17) is 0 Å². The van der Waals surface area contributed by atoms with E-state index >= 15 is 0 Å². The molecule has 1 aliphatic carbocycles. The Hall–Kier alpha value is -1.83. The first-order chi connectivity index (χ1) is 10.8. The SMILES string of the molecule is CN(C[C@H]1CCC[C@@H]1O)C(=O)NCc1c(F)c(F)cc(F)c1F. The predicted octanol–water partition coefficient (Wildman–Crippen LogP) is 2.55. The maximum absolute atomic E-state index is 13.5. The molecule has 1 aromatic rings. The summed E-state index contributed by atoms with van der Waals surface area (Å²) in [5, 5.41) is 11.9. The van der Waals surface area contributed by atoms with Gasteiger partial charge in [-0.05, 0) is 12.8 Å². The molecule has 0 unspecified atom stereocenters. The van der Waals surface area contributed by atoms with Gasteiger partial charge in [0.05, 0.1) is 12.6 Å². The lowest BCUT2D eigenvalue weighted by molar-refractivity contribution is 0.114. The molecule has 128 valence electrons. The molecule has 0 bridgehead atoms. The smallest absolute Gasteiger partial charge is 0.317 e. The highest BCUT2D eigenvalue weighted by molar-refractivity contribution is 5.73. The monoisotopic (exact) mass is 334 g/mol. The molecule has 2 amide bonds. The number of aliphatic hydroxyl groups is 1. The van der Waals surface area contributed by atoms with E-state index in [1.54, 1.807) is 0 Å². The van der Waals surface area contributed by atoms with Crippen LogP contribution in [-0.2, 0) is 6.54 Å². The number of aliphatic hydroxyl groups excluding tert-OH is 1. The molecular weight excluding hydrogens is 316 g/mol. The first kappa shape index (κ1) is 17.5. The van der Waals surface area contributed by atoms with Crippen molar-refractivity contribution in [2.24, 2.45) is 5.92 Å². The van der Waals surface area contributed by atoms with Crippen molar-refractivity contribution >= 4 is 6.03 Å². The second kappa shape index (κ2) is 7.16. The van der Waals surface area contributed by atoms with Crippen LogP contribution in [0.25, 0.3) is 0 Å². The minimum atomic E-state index is -1.53. The van der Waals surface area contributed by atoms with Gasteiger partial charge in [0.25, 0.3) is 0 Å². The number of hydrogen-bond acceptors (Lipinski definition) is 2. The summed E-state index contributed by atoms with van der Waals surface area (Å²) < 4.78 is 53.2. The second-order valence-corrected chi connectivity index (χ2v) is 5.74. The molecule has 0 saturated heterocycles. The van der Waals surface area contributed by atoms with Crippen LogP contribution >= 0.6 is 0 Å². The van der Waals surface area contributed by atoms with Gasteiger partial charge in [0.15, 0.2) is 23.3 Å². The molecule has 1 fully saturated rings. The molecule has 2 atom stereocenters. The molecule has 0 radical (unpaired) electrons. The van der Waals surface area contributed by atoms with Crippen molar-refractivity contribution in [1.29, 1.82) is 0 Å². The molecule has 0 aromatic heterocycles. The van der Waals surface area contributed by atoms with Gasteiger partial charge in [-0.2, -0.15) is 0 Å². The van der Waals surface area contributed by atoms with Gasteiger partial charge in [-0.3, -0.25) is 0 Å². The maximum Gasteiger partial charge on any atom is 0.317 e. The van der Waals surface area contributed by atoms with Gasteiger partial charge < -0.3 is 15.3 Å². The lowest BCUT2D eigenvalue weighted by Crippen LogP contribution is -2.41. The molecule has 2 N–H and O–H groups in total. The van der Waals surface area contributed by atoms with Gasteiger partial charge in [0, 0.05) is 31.1 Å². The number of halogens is 4. The van der Waals surface area contributed by atoms with Gasteiger partial charge in [0.1, 0.15) is 0 Å². The lowest BCUT2D eigenvalue weighted by Gasteiger charge is -2.23. The Kier molecular flexibility index (Phi) is 5.46. The van der Waals surface area contributed by atoms with E-state index in [9.17, 15) is 27.5 Å².